The molecule has 4 nitrogen and oxygen atoms in total. The number of carbonyl (C=O) groups excluding carboxylic acids is 1. The van der Waals surface area contributed by atoms with Crippen LogP contribution in [0.5, 0.6) is 0 Å². The van der Waals surface area contributed by atoms with Gasteiger partial charge in [0.2, 0.25) is 5.91 Å². The number of ether oxygens (including phenoxy) is 1. The van der Waals surface area contributed by atoms with E-state index in [9.17, 15) is 10.1 Å². The number of nitriles is 1. The Kier molecular flexibility index (Phi) is 4.95. The topological polar surface area (TPSA) is 53.3 Å². The van der Waals surface area contributed by atoms with Crippen LogP contribution in [-0.4, -0.2) is 37.1 Å². The first-order valence-corrected chi connectivity index (χ1v) is 6.37. The van der Waals surface area contributed by atoms with Gasteiger partial charge in [-0.2, -0.15) is 5.26 Å². The van der Waals surface area contributed by atoms with Crippen LogP contribution in [0.1, 0.15) is 39.5 Å². The summed E-state index contributed by atoms with van der Waals surface area (Å²) in [6.07, 6.45) is 2.90. The van der Waals surface area contributed by atoms with Crippen molar-refractivity contribution in [2.45, 2.75) is 45.6 Å². The molecule has 96 valence electrons. The van der Waals surface area contributed by atoms with Gasteiger partial charge in [0.05, 0.1) is 6.07 Å². The first kappa shape index (κ1) is 14.0. The molecule has 0 aliphatic carbocycles. The minimum absolute atomic E-state index is 0.0306. The molecule has 0 spiro atoms. The molecular formula is C13H22N2O2. The van der Waals surface area contributed by atoms with Crippen molar-refractivity contribution in [1.29, 1.82) is 5.26 Å². The maximum Gasteiger partial charge on any atom is 0.243 e. The fourth-order valence-electron chi connectivity index (χ4n) is 2.33. The summed E-state index contributed by atoms with van der Waals surface area (Å²) in [4.78, 5) is 14.2. The number of nitrogens with zero attached hydrogens (tertiary/aromatic N) is 2. The van der Waals surface area contributed by atoms with Gasteiger partial charge in [-0.25, -0.2) is 0 Å². The summed E-state index contributed by atoms with van der Waals surface area (Å²) in [6.45, 7) is 5.23. The van der Waals surface area contributed by atoms with Crippen molar-refractivity contribution >= 4 is 5.91 Å². The Morgan fingerprint density at radius 3 is 2.35 bits per heavy atom. The SMILES string of the molecule is CCC(C#N)(CC)C(=O)N(C)C1CCOCC1. The van der Waals surface area contributed by atoms with Gasteiger partial charge in [-0.05, 0) is 25.7 Å². The second-order valence-electron chi connectivity index (χ2n) is 4.66. The highest BCUT2D eigenvalue weighted by Crippen LogP contribution is 2.29. The summed E-state index contributed by atoms with van der Waals surface area (Å²) in [5, 5.41) is 9.27. The van der Waals surface area contributed by atoms with E-state index in [-0.39, 0.29) is 11.9 Å². The summed E-state index contributed by atoms with van der Waals surface area (Å²) < 4.78 is 5.29. The van der Waals surface area contributed by atoms with Crippen molar-refractivity contribution in [3.63, 3.8) is 0 Å². The Morgan fingerprint density at radius 2 is 1.94 bits per heavy atom. The van der Waals surface area contributed by atoms with E-state index in [1.165, 1.54) is 0 Å². The molecule has 1 heterocycles. The molecule has 1 fully saturated rings. The van der Waals surface area contributed by atoms with E-state index in [2.05, 4.69) is 6.07 Å². The summed E-state index contributed by atoms with van der Waals surface area (Å²) >= 11 is 0. The van der Waals surface area contributed by atoms with E-state index in [1.54, 1.807) is 4.90 Å². The average molecular weight is 238 g/mol. The highest BCUT2D eigenvalue weighted by Gasteiger charge is 2.39. The standard InChI is InChI=1S/C13H22N2O2/c1-4-13(5-2,10-14)12(16)15(3)11-6-8-17-9-7-11/h11H,4-9H2,1-3H3. The molecule has 1 aliphatic heterocycles. The molecule has 1 saturated heterocycles. The lowest BCUT2D eigenvalue weighted by Crippen LogP contribution is -2.47. The molecule has 4 heteroatoms. The van der Waals surface area contributed by atoms with Crippen molar-refractivity contribution in [3.8, 4) is 6.07 Å². The van der Waals surface area contributed by atoms with Gasteiger partial charge in [0.1, 0.15) is 5.41 Å². The Labute approximate surface area is 104 Å². The first-order valence-electron chi connectivity index (χ1n) is 6.37. The van der Waals surface area contributed by atoms with Crippen molar-refractivity contribution < 1.29 is 9.53 Å². The fraction of sp³-hybridized carbons (Fsp3) is 0.846. The van der Waals surface area contributed by atoms with Crippen molar-refractivity contribution in [2.75, 3.05) is 20.3 Å². The minimum atomic E-state index is -0.840. The Hall–Kier alpha value is -1.08. The lowest BCUT2D eigenvalue weighted by atomic mass is 9.82. The molecule has 0 aromatic carbocycles. The molecule has 0 bridgehead atoms. The number of amides is 1. The summed E-state index contributed by atoms with van der Waals surface area (Å²) in [7, 11) is 1.82. The van der Waals surface area contributed by atoms with Gasteiger partial charge in [0.15, 0.2) is 0 Å². The van der Waals surface area contributed by atoms with Gasteiger partial charge in [-0.3, -0.25) is 4.79 Å². The molecule has 0 radical (unpaired) electrons. The van der Waals surface area contributed by atoms with Crippen molar-refractivity contribution in [3.05, 3.63) is 0 Å². The van der Waals surface area contributed by atoms with Gasteiger partial charge < -0.3 is 9.64 Å². The normalized spacial score (nSPS) is 17.5. The smallest absolute Gasteiger partial charge is 0.243 e. The maximum atomic E-state index is 12.4. The largest absolute Gasteiger partial charge is 0.381 e. The zero-order valence-electron chi connectivity index (χ0n) is 11.0. The van der Waals surface area contributed by atoms with Gasteiger partial charge in [0.25, 0.3) is 0 Å². The van der Waals surface area contributed by atoms with Crippen LogP contribution in [0.4, 0.5) is 0 Å². The van der Waals surface area contributed by atoms with Crippen LogP contribution in [-0.2, 0) is 9.53 Å². The molecule has 0 atom stereocenters. The molecule has 0 N–H and O–H groups in total. The fourth-order valence-corrected chi connectivity index (χ4v) is 2.33. The first-order chi connectivity index (χ1) is 8.11. The molecule has 1 rings (SSSR count). The van der Waals surface area contributed by atoms with Crippen LogP contribution in [0.2, 0.25) is 0 Å². The van der Waals surface area contributed by atoms with Crippen molar-refractivity contribution in [1.82, 2.24) is 4.90 Å². The van der Waals surface area contributed by atoms with Crippen LogP contribution in [0.25, 0.3) is 0 Å². The number of rotatable bonds is 4. The van der Waals surface area contributed by atoms with Crippen LogP contribution in [0.3, 0.4) is 0 Å². The van der Waals surface area contributed by atoms with Crippen LogP contribution >= 0.6 is 0 Å². The quantitative estimate of drug-likeness (QED) is 0.752. The molecule has 0 unspecified atom stereocenters. The van der Waals surface area contributed by atoms with E-state index in [4.69, 9.17) is 4.74 Å². The molecule has 0 saturated carbocycles. The number of carbonyl (C=O) groups is 1. The molecule has 0 aromatic heterocycles. The lowest BCUT2D eigenvalue weighted by molar-refractivity contribution is -0.142. The highest BCUT2D eigenvalue weighted by atomic mass is 16.5. The number of hydrogen-bond donors (Lipinski definition) is 0. The zero-order valence-corrected chi connectivity index (χ0v) is 11.0. The van der Waals surface area contributed by atoms with E-state index >= 15 is 0 Å². The Morgan fingerprint density at radius 1 is 1.41 bits per heavy atom. The third-order valence-electron chi connectivity index (χ3n) is 3.89. The van der Waals surface area contributed by atoms with E-state index in [0.717, 1.165) is 12.8 Å². The maximum absolute atomic E-state index is 12.4. The summed E-state index contributed by atoms with van der Waals surface area (Å²) in [6, 6.07) is 2.44. The molecule has 1 aliphatic rings. The summed E-state index contributed by atoms with van der Waals surface area (Å²) in [5.41, 5.74) is -0.840. The van der Waals surface area contributed by atoms with Gasteiger partial charge in [-0.1, -0.05) is 13.8 Å². The minimum Gasteiger partial charge on any atom is -0.381 e. The third kappa shape index (κ3) is 2.78. The van der Waals surface area contributed by atoms with Crippen LogP contribution in [0.15, 0.2) is 0 Å². The van der Waals surface area contributed by atoms with Crippen molar-refractivity contribution in [2.24, 2.45) is 5.41 Å². The second kappa shape index (κ2) is 6.02. The van der Waals surface area contributed by atoms with Crippen LogP contribution < -0.4 is 0 Å². The van der Waals surface area contributed by atoms with Gasteiger partial charge in [0, 0.05) is 26.3 Å². The highest BCUT2D eigenvalue weighted by molar-refractivity contribution is 5.85. The molecule has 17 heavy (non-hydrogen) atoms. The van der Waals surface area contributed by atoms with E-state index in [0.29, 0.717) is 26.1 Å². The lowest BCUT2D eigenvalue weighted by Gasteiger charge is -2.36. The van der Waals surface area contributed by atoms with Gasteiger partial charge in [-0.15, -0.1) is 0 Å². The predicted molar refractivity (Wildman–Crippen MR) is 65.2 cm³/mol. The third-order valence-corrected chi connectivity index (χ3v) is 3.89. The zero-order chi connectivity index (χ0) is 12.9. The predicted octanol–water partition coefficient (Wildman–Crippen LogP) is 1.95. The Balaban J connectivity index is 2.76. The van der Waals surface area contributed by atoms with E-state index < -0.39 is 5.41 Å². The Bertz CT molecular complexity index is 299. The molecule has 1 amide bonds. The summed E-state index contributed by atoms with van der Waals surface area (Å²) in [5.74, 6) is -0.0306. The van der Waals surface area contributed by atoms with Gasteiger partial charge >= 0.3 is 0 Å². The average Bonchev–Trinajstić information content (AvgIpc) is 2.41. The second-order valence-corrected chi connectivity index (χ2v) is 4.66. The van der Waals surface area contributed by atoms with E-state index in [1.807, 2.05) is 20.9 Å². The molecule has 0 aromatic rings. The molecular weight excluding hydrogens is 216 g/mol. The monoisotopic (exact) mass is 238 g/mol. The van der Waals surface area contributed by atoms with Crippen LogP contribution in [0, 0.1) is 16.7 Å². The number of hydrogen-bond acceptors (Lipinski definition) is 3.